The molecule has 1 amide bonds. The Labute approximate surface area is 131 Å². The minimum Gasteiger partial charge on any atom is -0.324 e. The maximum Gasteiger partial charge on any atom is 0.246 e. The maximum atomic E-state index is 12.3. The minimum absolute atomic E-state index is 0.0263. The molecule has 1 aliphatic carbocycles. The van der Waals surface area contributed by atoms with Crippen LogP contribution in [0.15, 0.2) is 24.4 Å². The summed E-state index contributed by atoms with van der Waals surface area (Å²) in [6.45, 7) is 6.57. The van der Waals surface area contributed by atoms with Crippen LogP contribution in [0.25, 0.3) is 0 Å². The number of nitrogens with zero attached hydrogens (tertiary/aromatic N) is 2. The lowest BCUT2D eigenvalue weighted by atomic mass is 9.89. The minimum atomic E-state index is -0.0263. The lowest BCUT2D eigenvalue weighted by molar-refractivity contribution is -0.116. The van der Waals surface area contributed by atoms with Crippen LogP contribution >= 0.6 is 0 Å². The van der Waals surface area contributed by atoms with Gasteiger partial charge in [-0.2, -0.15) is 5.10 Å². The van der Waals surface area contributed by atoms with Gasteiger partial charge < -0.3 is 5.32 Å². The molecule has 1 heterocycles. The average molecular weight is 297 g/mol. The highest BCUT2D eigenvalue weighted by Gasteiger charge is 2.19. The largest absolute Gasteiger partial charge is 0.324 e. The van der Waals surface area contributed by atoms with E-state index in [-0.39, 0.29) is 12.5 Å². The number of aromatic nitrogens is 2. The Morgan fingerprint density at radius 3 is 3.05 bits per heavy atom. The van der Waals surface area contributed by atoms with Crippen LogP contribution in [0.2, 0.25) is 0 Å². The summed E-state index contributed by atoms with van der Waals surface area (Å²) in [5.74, 6) is 0.690. The van der Waals surface area contributed by atoms with Crippen LogP contribution in [-0.2, 0) is 24.2 Å². The van der Waals surface area contributed by atoms with E-state index in [4.69, 9.17) is 0 Å². The highest BCUT2D eigenvalue weighted by Crippen LogP contribution is 2.24. The van der Waals surface area contributed by atoms with Gasteiger partial charge in [0.1, 0.15) is 6.54 Å². The number of benzene rings is 1. The van der Waals surface area contributed by atoms with Crippen LogP contribution in [0, 0.1) is 19.8 Å². The molecular weight excluding hydrogens is 274 g/mol. The maximum absolute atomic E-state index is 12.3. The molecule has 1 aromatic heterocycles. The Morgan fingerprint density at radius 1 is 1.41 bits per heavy atom. The lowest BCUT2D eigenvalue weighted by Gasteiger charge is -2.15. The molecule has 4 nitrogen and oxygen atoms in total. The van der Waals surface area contributed by atoms with Gasteiger partial charge in [-0.05, 0) is 61.8 Å². The van der Waals surface area contributed by atoms with Crippen molar-refractivity contribution in [2.45, 2.75) is 46.6 Å². The summed E-state index contributed by atoms with van der Waals surface area (Å²) in [5.41, 5.74) is 5.57. The van der Waals surface area contributed by atoms with Crippen LogP contribution in [0.5, 0.6) is 0 Å². The summed E-state index contributed by atoms with van der Waals surface area (Å²) in [4.78, 5) is 12.3. The number of anilines is 1. The number of fused-ring (bicyclic) bond motifs is 1. The number of rotatable bonds is 3. The van der Waals surface area contributed by atoms with E-state index in [1.807, 2.05) is 38.2 Å². The SMILES string of the molecule is Cc1ccc(C)c(NC(=O)Cn2cc3c(n2)CCC(C)C3)c1. The number of carbonyl (C=O) groups is 1. The summed E-state index contributed by atoms with van der Waals surface area (Å²) in [6.07, 6.45) is 5.34. The van der Waals surface area contributed by atoms with Crippen molar-refractivity contribution in [2.75, 3.05) is 5.32 Å². The molecule has 1 N–H and O–H groups in total. The van der Waals surface area contributed by atoms with E-state index in [2.05, 4.69) is 17.3 Å². The van der Waals surface area contributed by atoms with Crippen molar-refractivity contribution >= 4 is 11.6 Å². The molecule has 0 fully saturated rings. The summed E-state index contributed by atoms with van der Waals surface area (Å²) >= 11 is 0. The molecule has 0 radical (unpaired) electrons. The molecule has 0 saturated carbocycles. The second-order valence-corrected chi connectivity index (χ2v) is 6.51. The van der Waals surface area contributed by atoms with E-state index in [1.165, 1.54) is 12.0 Å². The molecule has 0 aliphatic heterocycles. The molecule has 1 aromatic carbocycles. The van der Waals surface area contributed by atoms with Gasteiger partial charge in [0.05, 0.1) is 5.69 Å². The molecule has 1 aliphatic rings. The van der Waals surface area contributed by atoms with Gasteiger partial charge in [0, 0.05) is 11.9 Å². The molecular formula is C18H23N3O. The van der Waals surface area contributed by atoms with Crippen molar-refractivity contribution in [1.29, 1.82) is 0 Å². The van der Waals surface area contributed by atoms with Crippen molar-refractivity contribution in [3.8, 4) is 0 Å². The zero-order valence-corrected chi connectivity index (χ0v) is 13.5. The van der Waals surface area contributed by atoms with Gasteiger partial charge in [-0.15, -0.1) is 0 Å². The number of carbonyl (C=O) groups excluding carboxylic acids is 1. The van der Waals surface area contributed by atoms with Crippen molar-refractivity contribution in [1.82, 2.24) is 9.78 Å². The van der Waals surface area contributed by atoms with E-state index in [9.17, 15) is 4.79 Å². The summed E-state index contributed by atoms with van der Waals surface area (Å²) in [6, 6.07) is 6.08. The van der Waals surface area contributed by atoms with Gasteiger partial charge in [0.15, 0.2) is 0 Å². The molecule has 0 bridgehead atoms. The van der Waals surface area contributed by atoms with E-state index in [1.54, 1.807) is 4.68 Å². The Hall–Kier alpha value is -2.10. The zero-order chi connectivity index (χ0) is 15.7. The first-order valence-corrected chi connectivity index (χ1v) is 7.93. The second kappa shape index (κ2) is 5.95. The van der Waals surface area contributed by atoms with Crippen LogP contribution in [0.3, 0.4) is 0 Å². The van der Waals surface area contributed by atoms with E-state index < -0.39 is 0 Å². The molecule has 3 rings (SSSR count). The highest BCUT2D eigenvalue weighted by molar-refractivity contribution is 5.91. The number of nitrogens with one attached hydrogen (secondary N) is 1. The molecule has 0 saturated heterocycles. The van der Waals surface area contributed by atoms with Gasteiger partial charge in [-0.3, -0.25) is 9.48 Å². The predicted molar refractivity (Wildman–Crippen MR) is 88.0 cm³/mol. The number of aryl methyl sites for hydroxylation is 3. The standard InChI is InChI=1S/C18H23N3O/c1-12-5-7-16-15(8-12)10-21(20-16)11-18(22)19-17-9-13(2)4-6-14(17)3/h4,6,9-10,12H,5,7-8,11H2,1-3H3,(H,19,22). The van der Waals surface area contributed by atoms with Crippen molar-refractivity contribution in [2.24, 2.45) is 5.92 Å². The topological polar surface area (TPSA) is 46.9 Å². The smallest absolute Gasteiger partial charge is 0.246 e. The van der Waals surface area contributed by atoms with Gasteiger partial charge >= 0.3 is 0 Å². The first-order valence-electron chi connectivity index (χ1n) is 7.93. The first kappa shape index (κ1) is 14.8. The normalized spacial score (nSPS) is 17.1. The van der Waals surface area contributed by atoms with Crippen LogP contribution in [0.4, 0.5) is 5.69 Å². The molecule has 0 spiro atoms. The zero-order valence-electron chi connectivity index (χ0n) is 13.5. The molecule has 1 unspecified atom stereocenters. The predicted octanol–water partition coefficient (Wildman–Crippen LogP) is 3.26. The monoisotopic (exact) mass is 297 g/mol. The van der Waals surface area contributed by atoms with Crippen LogP contribution in [0.1, 0.15) is 35.7 Å². The number of amides is 1. The molecule has 1 atom stereocenters. The lowest BCUT2D eigenvalue weighted by Crippen LogP contribution is -2.19. The Morgan fingerprint density at radius 2 is 2.23 bits per heavy atom. The van der Waals surface area contributed by atoms with Crippen LogP contribution < -0.4 is 5.32 Å². The quantitative estimate of drug-likeness (QED) is 0.945. The molecule has 2 aromatic rings. The summed E-state index contributed by atoms with van der Waals surface area (Å²) in [7, 11) is 0. The fraction of sp³-hybridized carbons (Fsp3) is 0.444. The van der Waals surface area contributed by atoms with Crippen molar-refractivity contribution in [3.05, 3.63) is 46.8 Å². The van der Waals surface area contributed by atoms with Gasteiger partial charge in [0.25, 0.3) is 0 Å². The average Bonchev–Trinajstić information content (AvgIpc) is 2.84. The third kappa shape index (κ3) is 3.21. The summed E-state index contributed by atoms with van der Waals surface area (Å²) in [5, 5.41) is 7.55. The van der Waals surface area contributed by atoms with Gasteiger partial charge in [0.2, 0.25) is 5.91 Å². The molecule has 22 heavy (non-hydrogen) atoms. The van der Waals surface area contributed by atoms with E-state index in [0.29, 0.717) is 5.92 Å². The van der Waals surface area contributed by atoms with E-state index >= 15 is 0 Å². The molecule has 116 valence electrons. The third-order valence-corrected chi connectivity index (χ3v) is 4.34. The van der Waals surface area contributed by atoms with Gasteiger partial charge in [-0.1, -0.05) is 19.1 Å². The number of hydrogen-bond acceptors (Lipinski definition) is 2. The van der Waals surface area contributed by atoms with E-state index in [0.717, 1.165) is 35.3 Å². The molecule has 4 heteroatoms. The van der Waals surface area contributed by atoms with Crippen molar-refractivity contribution in [3.63, 3.8) is 0 Å². The van der Waals surface area contributed by atoms with Gasteiger partial charge in [-0.25, -0.2) is 0 Å². The Balaban J connectivity index is 1.68. The van der Waals surface area contributed by atoms with Crippen molar-refractivity contribution < 1.29 is 4.79 Å². The third-order valence-electron chi connectivity index (χ3n) is 4.34. The Bertz CT molecular complexity index is 702. The second-order valence-electron chi connectivity index (χ2n) is 6.51. The highest BCUT2D eigenvalue weighted by atomic mass is 16.2. The number of hydrogen-bond donors (Lipinski definition) is 1. The Kier molecular flexibility index (Phi) is 4.01. The fourth-order valence-corrected chi connectivity index (χ4v) is 3.03. The van der Waals surface area contributed by atoms with Crippen LogP contribution in [-0.4, -0.2) is 15.7 Å². The summed E-state index contributed by atoms with van der Waals surface area (Å²) < 4.78 is 1.78. The fourth-order valence-electron chi connectivity index (χ4n) is 3.03. The first-order chi connectivity index (χ1) is 10.5.